The summed E-state index contributed by atoms with van der Waals surface area (Å²) in [5, 5.41) is 36.4. The first-order valence-electron chi connectivity index (χ1n) is 9.18. The minimum atomic E-state index is -1.19. The number of carbonyl (C=O) groups excluding carboxylic acids is 1. The zero-order chi connectivity index (χ0) is 24.0. The van der Waals surface area contributed by atoms with E-state index in [-0.39, 0.29) is 32.1 Å². The minimum Gasteiger partial charge on any atom is -0.481 e. The highest BCUT2D eigenvalue weighted by Gasteiger charge is 2.21. The monoisotopic (exact) mass is 441 g/mol. The van der Waals surface area contributed by atoms with Gasteiger partial charge in [0.2, 0.25) is 5.91 Å². The topological polar surface area (TPSA) is 230 Å². The third-order valence-corrected chi connectivity index (χ3v) is 3.90. The van der Waals surface area contributed by atoms with E-state index in [0.29, 0.717) is 0 Å². The van der Waals surface area contributed by atoms with Crippen molar-refractivity contribution in [1.29, 1.82) is 0 Å². The molecule has 0 radical (unpaired) electrons. The normalized spacial score (nSPS) is 13.0. The molecule has 0 saturated heterocycles. The standard InChI is InChI=1S/C14H18N2O5.C5H9NO4/c15-10(13(18)19)6-7-12(17)16-11(14(20)21)8-9-4-2-1-3-5-9;6-3(5(9)10)1-2-4(7)8/h1-5,10-11H,6-8,15H2,(H,16,17)(H,18,19)(H,20,21);3H,1-2,6H2,(H,7,8)(H,9,10)/t10-,11-;3-/m00/s1. The zero-order valence-corrected chi connectivity index (χ0v) is 16.6. The molecule has 0 aliphatic carbocycles. The van der Waals surface area contributed by atoms with Crippen LogP contribution in [-0.2, 0) is 30.4 Å². The lowest BCUT2D eigenvalue weighted by Gasteiger charge is -2.15. The predicted octanol–water partition coefficient (Wildman–Crippen LogP) is -0.746. The van der Waals surface area contributed by atoms with Crippen molar-refractivity contribution < 1.29 is 44.4 Å². The summed E-state index contributed by atoms with van der Waals surface area (Å²) >= 11 is 0. The van der Waals surface area contributed by atoms with Gasteiger partial charge in [0.15, 0.2) is 0 Å². The Morgan fingerprint density at radius 3 is 1.68 bits per heavy atom. The van der Waals surface area contributed by atoms with Crippen LogP contribution in [0.5, 0.6) is 0 Å². The lowest BCUT2D eigenvalue weighted by Crippen LogP contribution is -2.43. The van der Waals surface area contributed by atoms with Gasteiger partial charge in [-0.15, -0.1) is 0 Å². The van der Waals surface area contributed by atoms with Gasteiger partial charge < -0.3 is 37.2 Å². The second-order valence-corrected chi connectivity index (χ2v) is 6.51. The first kappa shape index (κ1) is 27.5. The van der Waals surface area contributed by atoms with Gasteiger partial charge in [0.25, 0.3) is 0 Å². The third kappa shape index (κ3) is 13.4. The first-order valence-corrected chi connectivity index (χ1v) is 9.18. The zero-order valence-electron chi connectivity index (χ0n) is 16.6. The maximum absolute atomic E-state index is 11.7. The summed E-state index contributed by atoms with van der Waals surface area (Å²) in [6.07, 6.45) is -0.240. The van der Waals surface area contributed by atoms with E-state index in [1.54, 1.807) is 24.3 Å². The molecule has 0 aromatic heterocycles. The van der Waals surface area contributed by atoms with Gasteiger partial charge in [-0.05, 0) is 18.4 Å². The summed E-state index contributed by atoms with van der Waals surface area (Å²) in [4.78, 5) is 53.2. The maximum Gasteiger partial charge on any atom is 0.326 e. The Labute approximate surface area is 177 Å². The van der Waals surface area contributed by atoms with E-state index in [1.165, 1.54) is 0 Å². The van der Waals surface area contributed by atoms with Gasteiger partial charge in [0, 0.05) is 19.3 Å². The predicted molar refractivity (Wildman–Crippen MR) is 107 cm³/mol. The number of hydrogen-bond acceptors (Lipinski definition) is 7. The van der Waals surface area contributed by atoms with Crippen molar-refractivity contribution in [3.63, 3.8) is 0 Å². The average Bonchev–Trinajstić information content (AvgIpc) is 2.70. The number of amides is 1. The number of benzene rings is 1. The Hall–Kier alpha value is -3.51. The summed E-state index contributed by atoms with van der Waals surface area (Å²) in [5.74, 6) is -5.07. The lowest BCUT2D eigenvalue weighted by atomic mass is 10.1. The van der Waals surface area contributed by atoms with Crippen molar-refractivity contribution in [2.24, 2.45) is 11.5 Å². The molecule has 12 nitrogen and oxygen atoms in total. The van der Waals surface area contributed by atoms with Crippen molar-refractivity contribution in [2.75, 3.05) is 0 Å². The van der Waals surface area contributed by atoms with Crippen LogP contribution < -0.4 is 16.8 Å². The van der Waals surface area contributed by atoms with Crippen molar-refractivity contribution in [2.45, 2.75) is 50.2 Å². The Balaban J connectivity index is 0.000000759. The van der Waals surface area contributed by atoms with Crippen LogP contribution in [0.1, 0.15) is 31.2 Å². The number of carboxylic acid groups (broad SMARTS) is 4. The van der Waals surface area contributed by atoms with E-state index in [4.69, 9.17) is 31.9 Å². The van der Waals surface area contributed by atoms with Gasteiger partial charge in [0.05, 0.1) is 0 Å². The molecule has 12 heteroatoms. The van der Waals surface area contributed by atoms with E-state index < -0.39 is 47.9 Å². The molecule has 0 aliphatic heterocycles. The van der Waals surface area contributed by atoms with Gasteiger partial charge in [-0.25, -0.2) is 4.79 Å². The van der Waals surface area contributed by atoms with Gasteiger partial charge >= 0.3 is 23.9 Å². The van der Waals surface area contributed by atoms with Crippen LogP contribution in [0.3, 0.4) is 0 Å². The second kappa shape index (κ2) is 14.5. The molecular formula is C19H27N3O9. The fourth-order valence-corrected chi connectivity index (χ4v) is 2.13. The number of hydrogen-bond donors (Lipinski definition) is 7. The molecule has 1 rings (SSSR count). The molecule has 0 unspecified atom stereocenters. The summed E-state index contributed by atoms with van der Waals surface area (Å²) in [6.45, 7) is 0. The van der Waals surface area contributed by atoms with E-state index in [0.717, 1.165) is 5.56 Å². The Bertz CT molecular complexity index is 755. The smallest absolute Gasteiger partial charge is 0.326 e. The highest BCUT2D eigenvalue weighted by molar-refractivity contribution is 5.84. The minimum absolute atomic E-state index is 0.0231. The van der Waals surface area contributed by atoms with Crippen molar-refractivity contribution >= 4 is 29.8 Å². The number of nitrogens with two attached hydrogens (primary N) is 2. The van der Waals surface area contributed by atoms with E-state index in [2.05, 4.69) is 5.32 Å². The van der Waals surface area contributed by atoms with Gasteiger partial charge in [-0.1, -0.05) is 30.3 Å². The number of aliphatic carboxylic acids is 4. The molecule has 0 bridgehead atoms. The van der Waals surface area contributed by atoms with E-state index in [1.807, 2.05) is 6.07 Å². The molecule has 3 atom stereocenters. The van der Waals surface area contributed by atoms with Gasteiger partial charge in [0.1, 0.15) is 18.1 Å². The molecule has 1 aromatic rings. The average molecular weight is 441 g/mol. The highest BCUT2D eigenvalue weighted by atomic mass is 16.4. The van der Waals surface area contributed by atoms with Gasteiger partial charge in [-0.3, -0.25) is 19.2 Å². The third-order valence-electron chi connectivity index (χ3n) is 3.90. The number of nitrogens with one attached hydrogen (secondary N) is 1. The largest absolute Gasteiger partial charge is 0.481 e. The number of carbonyl (C=O) groups is 5. The molecule has 1 amide bonds. The maximum atomic E-state index is 11.7. The van der Waals surface area contributed by atoms with Crippen LogP contribution in [0.4, 0.5) is 0 Å². The fraction of sp³-hybridized carbons (Fsp3) is 0.421. The molecule has 0 aliphatic rings. The molecule has 0 heterocycles. The molecule has 172 valence electrons. The molecule has 0 fully saturated rings. The fourth-order valence-electron chi connectivity index (χ4n) is 2.13. The number of rotatable bonds is 12. The van der Waals surface area contributed by atoms with Crippen LogP contribution in [0.2, 0.25) is 0 Å². The molecule has 0 saturated carbocycles. The second-order valence-electron chi connectivity index (χ2n) is 6.51. The van der Waals surface area contributed by atoms with Crippen LogP contribution in [-0.4, -0.2) is 68.3 Å². The Morgan fingerprint density at radius 2 is 1.26 bits per heavy atom. The summed E-state index contributed by atoms with van der Waals surface area (Å²) in [7, 11) is 0. The molecule has 9 N–H and O–H groups in total. The lowest BCUT2D eigenvalue weighted by molar-refractivity contribution is -0.142. The van der Waals surface area contributed by atoms with Crippen LogP contribution in [0.15, 0.2) is 30.3 Å². The SMILES string of the molecule is N[C@@H](CCC(=O)N[C@@H](Cc1ccccc1)C(=O)O)C(=O)O.N[C@@H](CCC(=O)O)C(=O)O. The molecule has 31 heavy (non-hydrogen) atoms. The summed E-state index contributed by atoms with van der Waals surface area (Å²) in [5.41, 5.74) is 11.1. The number of carboxylic acids is 4. The van der Waals surface area contributed by atoms with Crippen molar-refractivity contribution in [3.05, 3.63) is 35.9 Å². The van der Waals surface area contributed by atoms with Crippen molar-refractivity contribution in [3.8, 4) is 0 Å². The Morgan fingerprint density at radius 1 is 0.774 bits per heavy atom. The van der Waals surface area contributed by atoms with Crippen LogP contribution in [0.25, 0.3) is 0 Å². The summed E-state index contributed by atoms with van der Waals surface area (Å²) < 4.78 is 0. The summed E-state index contributed by atoms with van der Waals surface area (Å²) in [6, 6.07) is 5.66. The van der Waals surface area contributed by atoms with E-state index in [9.17, 15) is 24.0 Å². The quantitative estimate of drug-likeness (QED) is 0.213. The van der Waals surface area contributed by atoms with Gasteiger partial charge in [-0.2, -0.15) is 0 Å². The van der Waals surface area contributed by atoms with Crippen LogP contribution in [0, 0.1) is 0 Å². The molecule has 1 aromatic carbocycles. The highest BCUT2D eigenvalue weighted by Crippen LogP contribution is 2.04. The van der Waals surface area contributed by atoms with Crippen molar-refractivity contribution in [1.82, 2.24) is 5.32 Å². The Kier molecular flexibility index (Phi) is 12.8. The van der Waals surface area contributed by atoms with Crippen LogP contribution >= 0.6 is 0 Å². The molecular weight excluding hydrogens is 414 g/mol. The first-order chi connectivity index (χ1) is 14.4. The van der Waals surface area contributed by atoms with E-state index >= 15 is 0 Å². The molecule has 0 spiro atoms.